The second kappa shape index (κ2) is 6.94. The highest BCUT2D eigenvalue weighted by Crippen LogP contribution is 2.35. The number of amides is 1. The maximum atomic E-state index is 12.7. The van der Waals surface area contributed by atoms with Gasteiger partial charge in [-0.1, -0.05) is 11.6 Å². The summed E-state index contributed by atoms with van der Waals surface area (Å²) in [6.07, 6.45) is 0. The topological polar surface area (TPSA) is 93.7 Å². The number of rotatable bonds is 4. The van der Waals surface area contributed by atoms with Crippen molar-refractivity contribution in [2.24, 2.45) is 5.41 Å². The Bertz CT molecular complexity index is 1000. The maximum Gasteiger partial charge on any atom is 0.263 e. The normalized spacial score (nSPS) is 15.8. The molecule has 3 rings (SSSR count). The Morgan fingerprint density at radius 2 is 1.96 bits per heavy atom. The molecule has 0 bridgehead atoms. The number of hydrogen-bond acceptors (Lipinski definition) is 5. The van der Waals surface area contributed by atoms with Crippen LogP contribution in [0.4, 0.5) is 11.4 Å². The van der Waals surface area contributed by atoms with Gasteiger partial charge in [-0.25, -0.2) is 8.42 Å². The zero-order chi connectivity index (χ0) is 19.8. The lowest BCUT2D eigenvalue weighted by atomic mass is 9.94. The predicted molar refractivity (Wildman–Crippen MR) is 103 cm³/mol. The van der Waals surface area contributed by atoms with Crippen molar-refractivity contribution in [2.45, 2.75) is 18.7 Å². The third-order valence-corrected chi connectivity index (χ3v) is 5.98. The molecule has 0 saturated heterocycles. The summed E-state index contributed by atoms with van der Waals surface area (Å²) in [6, 6.07) is 8.95. The van der Waals surface area contributed by atoms with E-state index in [1.54, 1.807) is 19.9 Å². The number of hydrogen-bond donors (Lipinski definition) is 2. The van der Waals surface area contributed by atoms with Crippen molar-refractivity contribution in [2.75, 3.05) is 23.8 Å². The van der Waals surface area contributed by atoms with Crippen molar-refractivity contribution in [3.63, 3.8) is 0 Å². The summed E-state index contributed by atoms with van der Waals surface area (Å²) < 4.78 is 38.5. The number of ether oxygens (including phenoxy) is 2. The zero-order valence-corrected chi connectivity index (χ0v) is 16.6. The van der Waals surface area contributed by atoms with E-state index in [0.717, 1.165) is 0 Å². The second-order valence-electron chi connectivity index (χ2n) is 6.74. The molecule has 2 aromatic rings. The third-order valence-electron chi connectivity index (χ3n) is 4.11. The van der Waals surface area contributed by atoms with Gasteiger partial charge < -0.3 is 14.8 Å². The van der Waals surface area contributed by atoms with E-state index in [0.29, 0.717) is 17.2 Å². The van der Waals surface area contributed by atoms with Crippen LogP contribution in [0.1, 0.15) is 13.8 Å². The van der Waals surface area contributed by atoms with Gasteiger partial charge in [-0.3, -0.25) is 9.52 Å². The summed E-state index contributed by atoms with van der Waals surface area (Å²) in [6.45, 7) is 3.71. The van der Waals surface area contributed by atoms with Crippen LogP contribution in [-0.4, -0.2) is 28.0 Å². The predicted octanol–water partition coefficient (Wildman–Crippen LogP) is 3.51. The van der Waals surface area contributed by atoms with E-state index >= 15 is 0 Å². The Morgan fingerprint density at radius 1 is 1.22 bits per heavy atom. The molecule has 1 aliphatic rings. The first-order valence-electron chi connectivity index (χ1n) is 8.07. The Balaban J connectivity index is 1.89. The monoisotopic (exact) mass is 410 g/mol. The van der Waals surface area contributed by atoms with Crippen LogP contribution >= 0.6 is 11.6 Å². The minimum Gasteiger partial charge on any atom is -0.497 e. The van der Waals surface area contributed by atoms with Crippen molar-refractivity contribution in [3.05, 3.63) is 41.4 Å². The number of nitrogens with one attached hydrogen (secondary N) is 2. The fourth-order valence-electron chi connectivity index (χ4n) is 2.46. The Labute approximate surface area is 162 Å². The van der Waals surface area contributed by atoms with Gasteiger partial charge in [0.05, 0.1) is 28.9 Å². The van der Waals surface area contributed by atoms with Crippen LogP contribution in [0.5, 0.6) is 11.5 Å². The highest BCUT2D eigenvalue weighted by atomic mass is 35.5. The molecule has 0 atom stereocenters. The minimum absolute atomic E-state index is 0.0434. The molecule has 2 N–H and O–H groups in total. The van der Waals surface area contributed by atoms with E-state index in [1.807, 2.05) is 0 Å². The van der Waals surface area contributed by atoms with Crippen LogP contribution < -0.4 is 19.5 Å². The molecular weight excluding hydrogens is 392 g/mol. The lowest BCUT2D eigenvalue weighted by Gasteiger charge is -2.18. The average molecular weight is 411 g/mol. The van der Waals surface area contributed by atoms with E-state index in [4.69, 9.17) is 21.1 Å². The van der Waals surface area contributed by atoms with Gasteiger partial charge in [0.25, 0.3) is 10.0 Å². The number of sulfonamides is 1. The molecule has 1 amide bonds. The fourth-order valence-corrected chi connectivity index (χ4v) is 4.05. The van der Waals surface area contributed by atoms with E-state index in [2.05, 4.69) is 10.0 Å². The van der Waals surface area contributed by atoms with Gasteiger partial charge in [-0.05, 0) is 38.1 Å². The molecule has 1 heterocycles. The van der Waals surface area contributed by atoms with Crippen molar-refractivity contribution in [1.29, 1.82) is 0 Å². The summed E-state index contributed by atoms with van der Waals surface area (Å²) in [7, 11) is -2.45. The van der Waals surface area contributed by atoms with Gasteiger partial charge >= 0.3 is 0 Å². The highest BCUT2D eigenvalue weighted by Gasteiger charge is 2.32. The van der Waals surface area contributed by atoms with Gasteiger partial charge in [-0.15, -0.1) is 0 Å². The molecule has 2 aromatic carbocycles. The SMILES string of the molecule is COc1ccc(S(=O)(=O)Nc2ccc3c(c2)OCC(C)(C)C(=O)N3)c(Cl)c1. The van der Waals surface area contributed by atoms with Gasteiger partial charge in [0.1, 0.15) is 23.0 Å². The number of anilines is 2. The summed E-state index contributed by atoms with van der Waals surface area (Å²) in [5.41, 5.74) is 0.0700. The molecule has 0 unspecified atom stereocenters. The van der Waals surface area contributed by atoms with Crippen LogP contribution in [0.2, 0.25) is 5.02 Å². The van der Waals surface area contributed by atoms with Crippen LogP contribution in [0, 0.1) is 5.41 Å². The highest BCUT2D eigenvalue weighted by molar-refractivity contribution is 7.92. The molecule has 1 aliphatic heterocycles. The lowest BCUT2D eigenvalue weighted by molar-refractivity contribution is -0.124. The summed E-state index contributed by atoms with van der Waals surface area (Å²) >= 11 is 6.07. The molecule has 144 valence electrons. The molecule has 0 saturated carbocycles. The van der Waals surface area contributed by atoms with Crippen molar-refractivity contribution < 1.29 is 22.7 Å². The largest absolute Gasteiger partial charge is 0.497 e. The Kier molecular flexibility index (Phi) is 4.96. The molecular formula is C18H19ClN2O5S. The minimum atomic E-state index is -3.92. The molecule has 0 fully saturated rings. The van der Waals surface area contributed by atoms with Crippen molar-refractivity contribution >= 4 is 38.9 Å². The number of carbonyl (C=O) groups excluding carboxylic acids is 1. The molecule has 0 aliphatic carbocycles. The van der Waals surface area contributed by atoms with Crippen molar-refractivity contribution in [3.8, 4) is 11.5 Å². The molecule has 27 heavy (non-hydrogen) atoms. The van der Waals surface area contributed by atoms with Crippen LogP contribution in [0.3, 0.4) is 0 Å². The standard InChI is InChI=1S/C18H19ClN2O5S/c1-18(2)10-26-15-8-11(4-6-14(15)20-17(18)22)21-27(23,24)16-7-5-12(25-3)9-13(16)19/h4-9,21H,10H2,1-3H3,(H,20,22). The lowest BCUT2D eigenvalue weighted by Crippen LogP contribution is -2.33. The molecule has 0 aromatic heterocycles. The number of carbonyl (C=O) groups is 1. The molecule has 9 heteroatoms. The van der Waals surface area contributed by atoms with Gasteiger partial charge in [0, 0.05) is 12.1 Å². The summed E-state index contributed by atoms with van der Waals surface area (Å²) in [4.78, 5) is 12.1. The van der Waals surface area contributed by atoms with Crippen LogP contribution in [0.25, 0.3) is 0 Å². The first-order chi connectivity index (χ1) is 12.6. The van der Waals surface area contributed by atoms with Crippen LogP contribution in [0.15, 0.2) is 41.3 Å². The van der Waals surface area contributed by atoms with Gasteiger partial charge in [0.2, 0.25) is 5.91 Å². The number of methoxy groups -OCH3 is 1. The Hall–Kier alpha value is -2.45. The molecule has 7 nitrogen and oxygen atoms in total. The van der Waals surface area contributed by atoms with E-state index in [1.165, 1.54) is 37.4 Å². The quantitative estimate of drug-likeness (QED) is 0.804. The number of halogens is 1. The van der Waals surface area contributed by atoms with Crippen LogP contribution in [-0.2, 0) is 14.8 Å². The smallest absolute Gasteiger partial charge is 0.263 e. The molecule has 0 spiro atoms. The fraction of sp³-hybridized carbons (Fsp3) is 0.278. The number of benzene rings is 2. The summed E-state index contributed by atoms with van der Waals surface area (Å²) in [5.74, 6) is 0.672. The van der Waals surface area contributed by atoms with E-state index in [9.17, 15) is 13.2 Å². The van der Waals surface area contributed by atoms with Crippen molar-refractivity contribution in [1.82, 2.24) is 0 Å². The van der Waals surface area contributed by atoms with Gasteiger partial charge in [-0.2, -0.15) is 0 Å². The average Bonchev–Trinajstić information content (AvgIpc) is 2.71. The Morgan fingerprint density at radius 3 is 2.63 bits per heavy atom. The summed E-state index contributed by atoms with van der Waals surface area (Å²) in [5, 5.41) is 2.82. The van der Waals surface area contributed by atoms with E-state index < -0.39 is 15.4 Å². The number of fused-ring (bicyclic) bond motifs is 1. The van der Waals surface area contributed by atoms with Gasteiger partial charge in [0.15, 0.2) is 0 Å². The maximum absolute atomic E-state index is 12.7. The first-order valence-corrected chi connectivity index (χ1v) is 9.93. The van der Waals surface area contributed by atoms with E-state index in [-0.39, 0.29) is 28.1 Å². The zero-order valence-electron chi connectivity index (χ0n) is 15.0. The second-order valence-corrected chi connectivity index (χ2v) is 8.80. The third kappa shape index (κ3) is 3.96. The first kappa shape index (κ1) is 19.3. The molecule has 0 radical (unpaired) electrons.